The average Bonchev–Trinajstić information content (AvgIpc) is 3.06. The number of aliphatic hydroxyl groups is 1. The molecule has 0 unspecified atom stereocenters. The molecule has 0 radical (unpaired) electrons. The molecular formula is C16H23N3O3S. The quantitative estimate of drug-likeness (QED) is 0.636. The number of amides is 1. The molecule has 1 N–H and O–H groups in total. The number of nitrogens with zero attached hydrogens (tertiary/aromatic N) is 3. The molecule has 1 saturated heterocycles. The lowest BCUT2D eigenvalue weighted by molar-refractivity contribution is -0.129. The molecule has 126 valence electrons. The van der Waals surface area contributed by atoms with Crippen molar-refractivity contribution in [3.05, 3.63) is 21.7 Å². The Bertz CT molecular complexity index is 638. The average molecular weight is 337 g/mol. The summed E-state index contributed by atoms with van der Waals surface area (Å²) in [5.74, 6) is 0.492. The Balaban J connectivity index is 1.73. The van der Waals surface area contributed by atoms with E-state index in [1.807, 2.05) is 4.90 Å². The maximum Gasteiger partial charge on any atom is 0.348 e. The molecule has 7 heteroatoms. The maximum absolute atomic E-state index is 12.3. The number of aliphatic hydroxyl groups excluding tert-OH is 1. The van der Waals surface area contributed by atoms with E-state index in [-0.39, 0.29) is 18.2 Å². The van der Waals surface area contributed by atoms with E-state index in [4.69, 9.17) is 5.11 Å². The molecule has 3 rings (SSSR count). The Labute approximate surface area is 139 Å². The number of rotatable bonds is 5. The van der Waals surface area contributed by atoms with Crippen LogP contribution in [0.4, 0.5) is 0 Å². The van der Waals surface area contributed by atoms with Crippen molar-refractivity contribution >= 4 is 17.7 Å². The Morgan fingerprint density at radius 1 is 1.17 bits per heavy atom. The van der Waals surface area contributed by atoms with E-state index in [9.17, 15) is 9.59 Å². The van der Waals surface area contributed by atoms with Crippen LogP contribution in [0.5, 0.6) is 0 Å². The van der Waals surface area contributed by atoms with Crippen LogP contribution < -0.4 is 5.69 Å². The summed E-state index contributed by atoms with van der Waals surface area (Å²) in [5, 5.41) is 9.83. The largest absolute Gasteiger partial charge is 0.395 e. The minimum atomic E-state index is -0.312. The molecular weight excluding hydrogens is 314 g/mol. The van der Waals surface area contributed by atoms with Gasteiger partial charge >= 0.3 is 5.69 Å². The monoisotopic (exact) mass is 337 g/mol. The molecule has 1 aromatic rings. The number of hydrogen-bond donors (Lipinski definition) is 1. The van der Waals surface area contributed by atoms with Crippen LogP contribution in [-0.2, 0) is 24.2 Å². The predicted molar refractivity (Wildman–Crippen MR) is 88.8 cm³/mol. The fourth-order valence-corrected chi connectivity index (χ4v) is 4.38. The van der Waals surface area contributed by atoms with Gasteiger partial charge in [0.2, 0.25) is 5.91 Å². The van der Waals surface area contributed by atoms with Crippen molar-refractivity contribution < 1.29 is 9.90 Å². The standard InChI is InChI=1S/C16H23N3O3S/c20-10-9-19-13-6-4-5-12(13)15(17-16(19)22)23-11-14(21)18-7-2-1-3-8-18/h20H,1-11H2. The highest BCUT2D eigenvalue weighted by atomic mass is 32.2. The Kier molecular flexibility index (Phi) is 5.38. The summed E-state index contributed by atoms with van der Waals surface area (Å²) in [5.41, 5.74) is 1.77. The van der Waals surface area contributed by atoms with Crippen molar-refractivity contribution in [2.75, 3.05) is 25.4 Å². The first kappa shape index (κ1) is 16.5. The SMILES string of the molecule is O=C(CSc1nc(=O)n(CCO)c2c1CCC2)N1CCCCC1. The summed E-state index contributed by atoms with van der Waals surface area (Å²) in [6, 6.07) is 0. The molecule has 23 heavy (non-hydrogen) atoms. The Hall–Kier alpha value is -1.34. The van der Waals surface area contributed by atoms with E-state index < -0.39 is 0 Å². The third-order valence-corrected chi connectivity index (χ3v) is 5.57. The molecule has 6 nitrogen and oxygen atoms in total. The van der Waals surface area contributed by atoms with Crippen LogP contribution in [0.1, 0.15) is 36.9 Å². The van der Waals surface area contributed by atoms with Gasteiger partial charge in [0.05, 0.1) is 18.9 Å². The van der Waals surface area contributed by atoms with E-state index in [1.54, 1.807) is 4.57 Å². The number of likely N-dealkylation sites (tertiary alicyclic amines) is 1. The highest BCUT2D eigenvalue weighted by Crippen LogP contribution is 2.29. The fourth-order valence-electron chi connectivity index (χ4n) is 3.40. The van der Waals surface area contributed by atoms with Crippen LogP contribution in [0, 0.1) is 0 Å². The fraction of sp³-hybridized carbons (Fsp3) is 0.688. The summed E-state index contributed by atoms with van der Waals surface area (Å²) in [4.78, 5) is 30.5. The lowest BCUT2D eigenvalue weighted by Gasteiger charge is -2.26. The number of piperidine rings is 1. The maximum atomic E-state index is 12.3. The van der Waals surface area contributed by atoms with Crippen LogP contribution in [0.15, 0.2) is 9.82 Å². The number of carbonyl (C=O) groups excluding carboxylic acids is 1. The lowest BCUT2D eigenvalue weighted by atomic mass is 10.1. The molecule has 1 fully saturated rings. The van der Waals surface area contributed by atoms with Gasteiger partial charge in [-0.25, -0.2) is 4.79 Å². The molecule has 0 atom stereocenters. The predicted octanol–water partition coefficient (Wildman–Crippen LogP) is 0.829. The molecule has 1 amide bonds. The van der Waals surface area contributed by atoms with Crippen LogP contribution in [0.3, 0.4) is 0 Å². The summed E-state index contributed by atoms with van der Waals surface area (Å²) in [6.07, 6.45) is 6.12. The van der Waals surface area contributed by atoms with E-state index in [2.05, 4.69) is 4.98 Å². The van der Waals surface area contributed by atoms with Gasteiger partial charge in [0, 0.05) is 24.3 Å². The first-order valence-corrected chi connectivity index (χ1v) is 9.33. The van der Waals surface area contributed by atoms with Crippen LogP contribution in [0.25, 0.3) is 0 Å². The van der Waals surface area contributed by atoms with Crippen LogP contribution >= 0.6 is 11.8 Å². The molecule has 2 heterocycles. The van der Waals surface area contributed by atoms with E-state index >= 15 is 0 Å². The van der Waals surface area contributed by atoms with Crippen LogP contribution in [0.2, 0.25) is 0 Å². The molecule has 1 aliphatic heterocycles. The van der Waals surface area contributed by atoms with Crippen molar-refractivity contribution in [3.8, 4) is 0 Å². The second kappa shape index (κ2) is 7.49. The first-order valence-electron chi connectivity index (χ1n) is 8.34. The summed E-state index contributed by atoms with van der Waals surface area (Å²) >= 11 is 1.39. The second-order valence-corrected chi connectivity index (χ2v) is 7.05. The Morgan fingerprint density at radius 2 is 1.96 bits per heavy atom. The van der Waals surface area contributed by atoms with Gasteiger partial charge in [-0.15, -0.1) is 0 Å². The topological polar surface area (TPSA) is 75.4 Å². The minimum Gasteiger partial charge on any atom is -0.395 e. The number of carbonyl (C=O) groups is 1. The second-order valence-electron chi connectivity index (χ2n) is 6.08. The minimum absolute atomic E-state index is 0.0615. The summed E-state index contributed by atoms with van der Waals surface area (Å²) < 4.78 is 1.58. The van der Waals surface area contributed by atoms with Crippen molar-refractivity contribution in [2.24, 2.45) is 0 Å². The van der Waals surface area contributed by atoms with E-state index in [0.717, 1.165) is 56.5 Å². The van der Waals surface area contributed by atoms with E-state index in [1.165, 1.54) is 18.2 Å². The zero-order valence-corrected chi connectivity index (χ0v) is 14.1. The van der Waals surface area contributed by atoms with Gasteiger partial charge in [0.25, 0.3) is 0 Å². The van der Waals surface area contributed by atoms with Gasteiger partial charge in [0.1, 0.15) is 5.03 Å². The van der Waals surface area contributed by atoms with E-state index in [0.29, 0.717) is 17.3 Å². The molecule has 1 aromatic heterocycles. The number of aromatic nitrogens is 2. The molecule has 0 saturated carbocycles. The Morgan fingerprint density at radius 3 is 2.70 bits per heavy atom. The van der Waals surface area contributed by atoms with Crippen molar-refractivity contribution in [2.45, 2.75) is 50.1 Å². The molecule has 0 bridgehead atoms. The van der Waals surface area contributed by atoms with Gasteiger partial charge in [0.15, 0.2) is 0 Å². The molecule has 0 aromatic carbocycles. The van der Waals surface area contributed by atoms with Gasteiger partial charge in [-0.2, -0.15) is 4.98 Å². The highest BCUT2D eigenvalue weighted by molar-refractivity contribution is 7.99. The third-order valence-electron chi connectivity index (χ3n) is 4.57. The molecule has 2 aliphatic rings. The van der Waals surface area contributed by atoms with Crippen molar-refractivity contribution in [1.29, 1.82) is 0 Å². The molecule has 0 spiro atoms. The summed E-state index contributed by atoms with van der Waals surface area (Å²) in [6.45, 7) is 1.94. The van der Waals surface area contributed by atoms with Gasteiger partial charge in [-0.1, -0.05) is 11.8 Å². The number of fused-ring (bicyclic) bond motifs is 1. The van der Waals surface area contributed by atoms with Gasteiger partial charge in [-0.05, 0) is 38.5 Å². The zero-order valence-electron chi connectivity index (χ0n) is 13.3. The normalized spacial score (nSPS) is 17.3. The lowest BCUT2D eigenvalue weighted by Crippen LogP contribution is -2.36. The van der Waals surface area contributed by atoms with Crippen molar-refractivity contribution in [3.63, 3.8) is 0 Å². The number of thioether (sulfide) groups is 1. The van der Waals surface area contributed by atoms with Crippen molar-refractivity contribution in [1.82, 2.24) is 14.5 Å². The number of hydrogen-bond acceptors (Lipinski definition) is 5. The zero-order chi connectivity index (χ0) is 16.2. The first-order chi connectivity index (χ1) is 11.2. The van der Waals surface area contributed by atoms with Gasteiger partial charge < -0.3 is 10.0 Å². The molecule has 1 aliphatic carbocycles. The smallest absolute Gasteiger partial charge is 0.348 e. The third kappa shape index (κ3) is 3.61. The van der Waals surface area contributed by atoms with Gasteiger partial charge in [-0.3, -0.25) is 9.36 Å². The van der Waals surface area contributed by atoms with Crippen LogP contribution in [-0.4, -0.2) is 50.9 Å². The summed E-state index contributed by atoms with van der Waals surface area (Å²) in [7, 11) is 0. The highest BCUT2D eigenvalue weighted by Gasteiger charge is 2.23.